The fourth-order valence-electron chi connectivity index (χ4n) is 4.49. The molecule has 3 rings (SSSR count). The number of aryl methyl sites for hydroxylation is 1. The number of rotatable bonds is 3. The first-order valence-corrected chi connectivity index (χ1v) is 7.75. The molecule has 1 saturated carbocycles. The molecule has 0 aliphatic heterocycles. The van der Waals surface area contributed by atoms with Gasteiger partial charge in [-0.25, -0.2) is 0 Å². The molecule has 2 atom stereocenters. The number of ether oxygens (including phenoxy) is 1. The van der Waals surface area contributed by atoms with Crippen molar-refractivity contribution in [2.45, 2.75) is 56.0 Å². The first-order valence-electron chi connectivity index (χ1n) is 7.75. The molecule has 1 aromatic carbocycles. The zero-order valence-corrected chi connectivity index (χ0v) is 12.3. The Morgan fingerprint density at radius 2 is 2.05 bits per heavy atom. The summed E-state index contributed by atoms with van der Waals surface area (Å²) < 4.78 is 5.40. The maximum absolute atomic E-state index is 11.3. The Morgan fingerprint density at radius 1 is 1.25 bits per heavy atom. The monoisotopic (exact) mass is 275 g/mol. The fourth-order valence-corrected chi connectivity index (χ4v) is 4.49. The Morgan fingerprint density at radius 3 is 2.80 bits per heavy atom. The summed E-state index contributed by atoms with van der Waals surface area (Å²) >= 11 is 0. The Balaban J connectivity index is 2.15. The summed E-state index contributed by atoms with van der Waals surface area (Å²) in [6.07, 6.45) is 6.95. The van der Waals surface area contributed by atoms with Crippen molar-refractivity contribution in [2.75, 3.05) is 13.7 Å². The molecule has 3 N–H and O–H groups in total. The summed E-state index contributed by atoms with van der Waals surface area (Å²) in [5.41, 5.74) is 7.82. The van der Waals surface area contributed by atoms with Gasteiger partial charge in [0, 0.05) is 5.41 Å². The topological polar surface area (TPSA) is 55.5 Å². The highest BCUT2D eigenvalue weighted by Crippen LogP contribution is 2.54. The predicted molar refractivity (Wildman–Crippen MR) is 80.1 cm³/mol. The first-order chi connectivity index (χ1) is 9.65. The Labute approximate surface area is 121 Å². The van der Waals surface area contributed by atoms with Gasteiger partial charge in [-0.05, 0) is 61.9 Å². The van der Waals surface area contributed by atoms with Gasteiger partial charge < -0.3 is 15.6 Å². The van der Waals surface area contributed by atoms with Gasteiger partial charge in [-0.2, -0.15) is 0 Å². The number of hydrogen-bond acceptors (Lipinski definition) is 3. The van der Waals surface area contributed by atoms with Gasteiger partial charge in [0.05, 0.1) is 12.7 Å². The molecule has 1 fully saturated rings. The Bertz CT molecular complexity index is 498. The van der Waals surface area contributed by atoms with Gasteiger partial charge >= 0.3 is 0 Å². The second-order valence-corrected chi connectivity index (χ2v) is 6.38. The molecular weight excluding hydrogens is 250 g/mol. The van der Waals surface area contributed by atoms with Gasteiger partial charge in [-0.15, -0.1) is 0 Å². The van der Waals surface area contributed by atoms with Crippen LogP contribution in [0.3, 0.4) is 0 Å². The van der Waals surface area contributed by atoms with Gasteiger partial charge in [0.25, 0.3) is 0 Å². The van der Waals surface area contributed by atoms with E-state index in [1.165, 1.54) is 17.5 Å². The number of hydrogen-bond donors (Lipinski definition) is 2. The second-order valence-electron chi connectivity index (χ2n) is 6.38. The molecule has 3 nitrogen and oxygen atoms in total. The molecule has 1 aromatic rings. The van der Waals surface area contributed by atoms with Crippen molar-refractivity contribution in [3.8, 4) is 5.75 Å². The predicted octanol–water partition coefficient (Wildman–Crippen LogP) is 2.53. The van der Waals surface area contributed by atoms with E-state index in [0.29, 0.717) is 6.54 Å². The summed E-state index contributed by atoms with van der Waals surface area (Å²) in [6, 6.07) is 6.34. The van der Waals surface area contributed by atoms with Crippen molar-refractivity contribution in [1.82, 2.24) is 0 Å². The van der Waals surface area contributed by atoms with Gasteiger partial charge in [-0.3, -0.25) is 0 Å². The van der Waals surface area contributed by atoms with E-state index in [0.717, 1.165) is 44.3 Å². The van der Waals surface area contributed by atoms with Crippen molar-refractivity contribution in [1.29, 1.82) is 0 Å². The normalized spacial score (nSPS) is 32.4. The first kappa shape index (κ1) is 13.9. The maximum atomic E-state index is 11.3. The van der Waals surface area contributed by atoms with Crippen LogP contribution in [-0.2, 0) is 11.8 Å². The van der Waals surface area contributed by atoms with E-state index >= 15 is 0 Å². The highest BCUT2D eigenvalue weighted by molar-refractivity contribution is 5.45. The van der Waals surface area contributed by atoms with Crippen molar-refractivity contribution in [2.24, 2.45) is 5.73 Å². The molecule has 2 aliphatic rings. The molecule has 0 aromatic heterocycles. The van der Waals surface area contributed by atoms with Crippen LogP contribution in [0.1, 0.15) is 49.7 Å². The molecule has 2 unspecified atom stereocenters. The van der Waals surface area contributed by atoms with Crippen molar-refractivity contribution >= 4 is 0 Å². The fraction of sp³-hybridized carbons (Fsp3) is 0.647. The van der Waals surface area contributed by atoms with Crippen LogP contribution in [0.2, 0.25) is 0 Å². The van der Waals surface area contributed by atoms with Gasteiger partial charge in [0.15, 0.2) is 0 Å². The summed E-state index contributed by atoms with van der Waals surface area (Å²) in [4.78, 5) is 0. The summed E-state index contributed by atoms with van der Waals surface area (Å²) in [5, 5.41) is 11.3. The van der Waals surface area contributed by atoms with Crippen LogP contribution >= 0.6 is 0 Å². The van der Waals surface area contributed by atoms with Gasteiger partial charge in [-0.1, -0.05) is 18.9 Å². The second kappa shape index (κ2) is 5.05. The minimum Gasteiger partial charge on any atom is -0.497 e. The number of methoxy groups -OCH3 is 1. The van der Waals surface area contributed by atoms with E-state index in [-0.39, 0.29) is 5.41 Å². The van der Waals surface area contributed by atoms with Crippen LogP contribution < -0.4 is 10.5 Å². The SMILES string of the molecule is COc1ccc2c(c1)C1(CCN)CCCCC1(O)CC2. The third-order valence-electron chi connectivity index (χ3n) is 5.55. The highest BCUT2D eigenvalue weighted by Gasteiger charge is 2.54. The van der Waals surface area contributed by atoms with Gasteiger partial charge in [0.2, 0.25) is 0 Å². The maximum Gasteiger partial charge on any atom is 0.119 e. The average Bonchev–Trinajstić information content (AvgIpc) is 2.47. The number of aliphatic hydroxyl groups is 1. The van der Waals surface area contributed by atoms with Crippen molar-refractivity contribution in [3.05, 3.63) is 29.3 Å². The zero-order valence-electron chi connectivity index (χ0n) is 12.3. The molecular formula is C17H25NO2. The molecule has 20 heavy (non-hydrogen) atoms. The third-order valence-corrected chi connectivity index (χ3v) is 5.55. The Hall–Kier alpha value is -1.06. The van der Waals surface area contributed by atoms with Crippen molar-refractivity contribution < 1.29 is 9.84 Å². The molecule has 0 radical (unpaired) electrons. The minimum atomic E-state index is -0.579. The Kier molecular flexibility index (Phi) is 3.51. The van der Waals surface area contributed by atoms with E-state index in [9.17, 15) is 5.11 Å². The molecule has 0 bridgehead atoms. The highest BCUT2D eigenvalue weighted by atomic mass is 16.5. The molecule has 0 heterocycles. The summed E-state index contributed by atoms with van der Waals surface area (Å²) in [7, 11) is 1.70. The summed E-state index contributed by atoms with van der Waals surface area (Å²) in [6.45, 7) is 0.624. The lowest BCUT2D eigenvalue weighted by Gasteiger charge is -2.54. The molecule has 0 spiro atoms. The number of benzene rings is 1. The summed E-state index contributed by atoms with van der Waals surface area (Å²) in [5.74, 6) is 0.884. The zero-order chi connectivity index (χ0) is 14.2. The van der Waals surface area contributed by atoms with E-state index in [4.69, 9.17) is 10.5 Å². The lowest BCUT2D eigenvalue weighted by atomic mass is 9.53. The van der Waals surface area contributed by atoms with E-state index in [1.807, 2.05) is 6.07 Å². The van der Waals surface area contributed by atoms with Crippen molar-refractivity contribution in [3.63, 3.8) is 0 Å². The third kappa shape index (κ3) is 1.87. The molecule has 3 heteroatoms. The lowest BCUT2D eigenvalue weighted by Crippen LogP contribution is -2.57. The molecule has 110 valence electrons. The number of fused-ring (bicyclic) bond motifs is 3. The minimum absolute atomic E-state index is 0.165. The van der Waals surface area contributed by atoms with Crippen LogP contribution in [-0.4, -0.2) is 24.4 Å². The number of nitrogens with two attached hydrogens (primary N) is 1. The standard InChI is InChI=1S/C17H25NO2/c1-20-14-5-4-13-6-9-17(19)8-3-2-7-16(17,10-11-18)15(13)12-14/h4-5,12,19H,2-3,6-11,18H2,1H3. The smallest absolute Gasteiger partial charge is 0.119 e. The van der Waals surface area contributed by atoms with Crippen LogP contribution in [0.4, 0.5) is 0 Å². The molecule has 0 amide bonds. The lowest BCUT2D eigenvalue weighted by molar-refractivity contribution is -0.0862. The van der Waals surface area contributed by atoms with E-state index in [1.54, 1.807) is 7.11 Å². The van der Waals surface area contributed by atoms with Crippen LogP contribution in [0.15, 0.2) is 18.2 Å². The molecule has 0 saturated heterocycles. The van der Waals surface area contributed by atoms with Gasteiger partial charge in [0.1, 0.15) is 5.75 Å². The van der Waals surface area contributed by atoms with Crippen LogP contribution in [0.5, 0.6) is 5.75 Å². The molecule has 2 aliphatic carbocycles. The largest absolute Gasteiger partial charge is 0.497 e. The average molecular weight is 275 g/mol. The quantitative estimate of drug-likeness (QED) is 0.891. The van der Waals surface area contributed by atoms with Crippen LogP contribution in [0, 0.1) is 0 Å². The van der Waals surface area contributed by atoms with E-state index in [2.05, 4.69) is 12.1 Å². The van der Waals surface area contributed by atoms with Crippen LogP contribution in [0.25, 0.3) is 0 Å². The van der Waals surface area contributed by atoms with E-state index < -0.39 is 5.60 Å².